The van der Waals surface area contributed by atoms with Gasteiger partial charge in [-0.2, -0.15) is 9.97 Å². The highest BCUT2D eigenvalue weighted by molar-refractivity contribution is 6.04. The molecule has 12 heteroatoms. The van der Waals surface area contributed by atoms with Crippen LogP contribution in [-0.4, -0.2) is 87.3 Å². The summed E-state index contributed by atoms with van der Waals surface area (Å²) in [6, 6.07) is 5.29. The molecule has 2 bridgehead atoms. The van der Waals surface area contributed by atoms with E-state index < -0.39 is 29.4 Å². The van der Waals surface area contributed by atoms with E-state index in [2.05, 4.69) is 20.8 Å². The largest absolute Gasteiger partial charge is 0.508 e. The number of nitrogens with zero attached hydrogens (tertiary/aromatic N) is 5. The number of benzene rings is 2. The zero-order valence-corrected chi connectivity index (χ0v) is 26.6. The molecule has 250 valence electrons. The Morgan fingerprint density at radius 1 is 1.06 bits per heavy atom. The number of hydrogen-bond donors (Lipinski definition) is 2. The quantitative estimate of drug-likeness (QED) is 0.254. The summed E-state index contributed by atoms with van der Waals surface area (Å²) < 4.78 is 59.0. The second-order valence-corrected chi connectivity index (χ2v) is 13.6. The Kier molecular flexibility index (Phi) is 7.53. The van der Waals surface area contributed by atoms with Gasteiger partial charge in [-0.25, -0.2) is 18.2 Å². The molecule has 4 atom stereocenters. The molecule has 0 spiro atoms. The third-order valence-corrected chi connectivity index (χ3v) is 10.8. The number of terminal acetylenes is 1. The Hall–Kier alpha value is -4.34. The van der Waals surface area contributed by atoms with Crippen molar-refractivity contribution in [2.24, 2.45) is 11.8 Å². The molecular formula is C36H36F3N5O4. The molecule has 1 aliphatic carbocycles. The summed E-state index contributed by atoms with van der Waals surface area (Å²) >= 11 is 0. The first kappa shape index (κ1) is 31.0. The van der Waals surface area contributed by atoms with Gasteiger partial charge < -0.3 is 24.6 Å². The summed E-state index contributed by atoms with van der Waals surface area (Å²) in [7, 11) is 0. The Bertz CT molecular complexity index is 1970. The van der Waals surface area contributed by atoms with Crippen LogP contribution in [0.25, 0.3) is 32.9 Å². The van der Waals surface area contributed by atoms with Gasteiger partial charge >= 0.3 is 6.01 Å². The second-order valence-electron chi connectivity index (χ2n) is 13.6. The average Bonchev–Trinajstić information content (AvgIpc) is 3.65. The van der Waals surface area contributed by atoms with E-state index in [1.54, 1.807) is 6.92 Å². The fraction of sp³-hybridized carbons (Fsp3) is 0.472. The van der Waals surface area contributed by atoms with Gasteiger partial charge in [0.15, 0.2) is 5.82 Å². The number of piperidine rings is 1. The Balaban J connectivity index is 1.33. The van der Waals surface area contributed by atoms with E-state index in [9.17, 15) is 19.0 Å². The second kappa shape index (κ2) is 11.7. The minimum absolute atomic E-state index is 0.0207. The molecule has 4 fully saturated rings. The average molecular weight is 660 g/mol. The van der Waals surface area contributed by atoms with Crippen molar-refractivity contribution >= 4 is 27.5 Å². The number of pyridine rings is 1. The topological polar surface area (TPSA) is 104 Å². The summed E-state index contributed by atoms with van der Waals surface area (Å²) in [5.41, 5.74) is -0.886. The number of phenols is 1. The van der Waals surface area contributed by atoms with Crippen LogP contribution in [0.15, 0.2) is 24.3 Å². The zero-order chi connectivity index (χ0) is 33.3. The van der Waals surface area contributed by atoms with Crippen LogP contribution in [-0.2, 0) is 0 Å². The van der Waals surface area contributed by atoms with Crippen LogP contribution < -0.4 is 14.4 Å². The highest BCUT2D eigenvalue weighted by atomic mass is 19.1. The van der Waals surface area contributed by atoms with Gasteiger partial charge in [0, 0.05) is 48.8 Å². The van der Waals surface area contributed by atoms with Crippen LogP contribution in [0.1, 0.15) is 44.6 Å². The molecule has 3 saturated heterocycles. The van der Waals surface area contributed by atoms with E-state index in [0.717, 1.165) is 32.2 Å². The summed E-state index contributed by atoms with van der Waals surface area (Å²) in [4.78, 5) is 18.2. The van der Waals surface area contributed by atoms with Gasteiger partial charge in [-0.3, -0.25) is 4.90 Å². The fourth-order valence-electron chi connectivity index (χ4n) is 8.58. The number of aromatic nitrogens is 3. The maximum absolute atomic E-state index is 17.1. The first-order valence-electron chi connectivity index (χ1n) is 16.6. The molecule has 4 aromatic rings. The molecule has 3 aliphatic heterocycles. The number of aromatic hydroxyl groups is 1. The van der Waals surface area contributed by atoms with Crippen LogP contribution in [0.3, 0.4) is 0 Å². The van der Waals surface area contributed by atoms with Gasteiger partial charge in [-0.05, 0) is 62.7 Å². The minimum Gasteiger partial charge on any atom is -0.508 e. The molecule has 2 N–H and O–H groups in total. The van der Waals surface area contributed by atoms with Crippen LogP contribution >= 0.6 is 0 Å². The molecular weight excluding hydrogens is 623 g/mol. The third kappa shape index (κ3) is 4.89. The lowest BCUT2D eigenvalue weighted by Crippen LogP contribution is -2.45. The van der Waals surface area contributed by atoms with Crippen LogP contribution in [0.4, 0.5) is 19.0 Å². The number of aliphatic hydroxyl groups excluding tert-OH is 1. The highest BCUT2D eigenvalue weighted by Gasteiger charge is 2.49. The molecule has 2 unspecified atom stereocenters. The lowest BCUT2D eigenvalue weighted by Gasteiger charge is -2.37. The molecule has 0 amide bonds. The Morgan fingerprint density at radius 3 is 2.60 bits per heavy atom. The van der Waals surface area contributed by atoms with Gasteiger partial charge in [-0.1, -0.05) is 12.0 Å². The summed E-state index contributed by atoms with van der Waals surface area (Å²) in [5, 5.41) is 22.3. The SMILES string of the molecule is C#Cc1c(F)ccc2cc(O)cc(-c3nc(OCC)c4c(N5CC6CCC(C5)C6O)nc(OC[C@@]56CCCN5C[C@H](F)C6)nc4c3F)c12. The van der Waals surface area contributed by atoms with Crippen molar-refractivity contribution in [1.29, 1.82) is 0 Å². The van der Waals surface area contributed by atoms with Gasteiger partial charge in [0.1, 0.15) is 46.8 Å². The van der Waals surface area contributed by atoms with Crippen molar-refractivity contribution in [3.05, 3.63) is 41.5 Å². The van der Waals surface area contributed by atoms with Crippen LogP contribution in [0, 0.1) is 35.8 Å². The molecule has 4 aliphatic rings. The number of anilines is 1. The zero-order valence-electron chi connectivity index (χ0n) is 26.6. The molecule has 9 nitrogen and oxygen atoms in total. The van der Waals surface area contributed by atoms with E-state index in [4.69, 9.17) is 20.9 Å². The number of hydrogen-bond acceptors (Lipinski definition) is 9. The molecule has 5 heterocycles. The van der Waals surface area contributed by atoms with Crippen molar-refractivity contribution in [1.82, 2.24) is 19.9 Å². The highest BCUT2D eigenvalue weighted by Crippen LogP contribution is 2.45. The van der Waals surface area contributed by atoms with Crippen molar-refractivity contribution in [3.63, 3.8) is 0 Å². The van der Waals surface area contributed by atoms with E-state index in [0.29, 0.717) is 37.3 Å². The number of ether oxygens (including phenoxy) is 2. The predicted octanol–water partition coefficient (Wildman–Crippen LogP) is 5.37. The smallest absolute Gasteiger partial charge is 0.319 e. The van der Waals surface area contributed by atoms with E-state index >= 15 is 4.39 Å². The van der Waals surface area contributed by atoms with E-state index in [-0.39, 0.29) is 75.8 Å². The standard InChI is InChI=1S/C36H36F3N5O4/c1-3-24-26(38)9-8-19-12-23(45)13-25(27(19)24)30-29(39)31-28(34(40-30)47-4-2)33(43-15-20-6-7-21(16-43)32(20)46)42-35(41-31)48-18-36-10-5-11-44(36)17-22(37)14-36/h1,8-9,12-13,20-22,32,45-46H,4-7,10-11,14-18H2,2H3/t20?,21?,22-,32?,36+/m1/s1. The number of rotatable bonds is 7. The molecule has 2 aromatic carbocycles. The monoisotopic (exact) mass is 659 g/mol. The Morgan fingerprint density at radius 2 is 1.85 bits per heavy atom. The van der Waals surface area contributed by atoms with Gasteiger partial charge in [0.25, 0.3) is 0 Å². The van der Waals surface area contributed by atoms with Gasteiger partial charge in [0.05, 0.1) is 23.8 Å². The van der Waals surface area contributed by atoms with Crippen molar-refractivity contribution in [3.8, 4) is 41.2 Å². The fourth-order valence-corrected chi connectivity index (χ4v) is 8.58. The summed E-state index contributed by atoms with van der Waals surface area (Å²) in [6.07, 6.45) is 8.12. The molecule has 2 aromatic heterocycles. The normalized spacial score (nSPS) is 26.7. The molecule has 0 radical (unpaired) electrons. The molecule has 48 heavy (non-hydrogen) atoms. The molecule has 8 rings (SSSR count). The number of aliphatic hydroxyl groups is 1. The number of fused-ring (bicyclic) bond motifs is 5. The number of halogens is 3. The van der Waals surface area contributed by atoms with Crippen molar-refractivity contribution in [2.75, 3.05) is 44.3 Å². The minimum atomic E-state index is -0.952. The number of phenolic OH excluding ortho intramolecular Hbond substituents is 1. The summed E-state index contributed by atoms with van der Waals surface area (Å²) in [5.74, 6) is 1.11. The lowest BCUT2D eigenvalue weighted by atomic mass is 9.94. The summed E-state index contributed by atoms with van der Waals surface area (Å²) in [6.45, 7) is 4.21. The number of alkyl halides is 1. The van der Waals surface area contributed by atoms with E-state index in [1.807, 2.05) is 4.90 Å². The van der Waals surface area contributed by atoms with E-state index in [1.165, 1.54) is 24.3 Å². The first-order chi connectivity index (χ1) is 23.2. The lowest BCUT2D eigenvalue weighted by molar-refractivity contribution is 0.0789. The van der Waals surface area contributed by atoms with Gasteiger partial charge in [-0.15, -0.1) is 6.42 Å². The van der Waals surface area contributed by atoms with Crippen molar-refractivity contribution in [2.45, 2.75) is 56.8 Å². The maximum atomic E-state index is 17.1. The van der Waals surface area contributed by atoms with Crippen LogP contribution in [0.2, 0.25) is 0 Å². The van der Waals surface area contributed by atoms with Crippen LogP contribution in [0.5, 0.6) is 17.6 Å². The maximum Gasteiger partial charge on any atom is 0.319 e. The predicted molar refractivity (Wildman–Crippen MR) is 174 cm³/mol. The Labute approximate surface area is 275 Å². The third-order valence-electron chi connectivity index (χ3n) is 10.8. The van der Waals surface area contributed by atoms with Crippen molar-refractivity contribution < 1.29 is 32.9 Å². The molecule has 1 saturated carbocycles. The van der Waals surface area contributed by atoms with Gasteiger partial charge in [0.2, 0.25) is 5.88 Å². The first-order valence-corrected chi connectivity index (χ1v) is 16.6.